The molecule has 21 heavy (non-hydrogen) atoms. The van der Waals surface area contributed by atoms with Crippen LogP contribution in [0, 0.1) is 20.8 Å². The van der Waals surface area contributed by atoms with Crippen molar-refractivity contribution >= 4 is 21.4 Å². The highest BCUT2D eigenvalue weighted by atomic mass is 32.2. The predicted octanol–water partition coefficient (Wildman–Crippen LogP) is 2.61. The van der Waals surface area contributed by atoms with Crippen molar-refractivity contribution in [2.45, 2.75) is 38.8 Å². The van der Waals surface area contributed by atoms with E-state index in [4.69, 9.17) is 5.73 Å². The minimum Gasteiger partial charge on any atom is -0.326 e. The molecule has 0 aliphatic heterocycles. The summed E-state index contributed by atoms with van der Waals surface area (Å²) in [5, 5.41) is 0. The molecule has 2 aromatic rings. The molecule has 0 spiro atoms. The normalized spacial score (nSPS) is 11.8. The van der Waals surface area contributed by atoms with Crippen molar-refractivity contribution in [2.24, 2.45) is 5.73 Å². The van der Waals surface area contributed by atoms with Crippen molar-refractivity contribution in [2.75, 3.05) is 0 Å². The average molecular weight is 324 g/mol. The number of benzene rings is 1. The van der Waals surface area contributed by atoms with Crippen LogP contribution in [0.15, 0.2) is 29.2 Å². The standard InChI is InChI=1S/C15H20N2O2S2/c1-10-4-5-15(7-13(10)8-16)21(18,19)17-9-14-6-11(2)12(3)20-14/h4-7,17H,8-9,16H2,1-3H3. The second kappa shape index (κ2) is 6.27. The molecule has 2 rings (SSSR count). The van der Waals surface area contributed by atoms with E-state index in [1.807, 2.05) is 26.8 Å². The first-order valence-electron chi connectivity index (χ1n) is 6.68. The molecule has 0 bridgehead atoms. The lowest BCUT2D eigenvalue weighted by atomic mass is 10.1. The van der Waals surface area contributed by atoms with Crippen LogP contribution in [0.2, 0.25) is 0 Å². The lowest BCUT2D eigenvalue weighted by molar-refractivity contribution is 0.581. The van der Waals surface area contributed by atoms with E-state index in [2.05, 4.69) is 4.72 Å². The van der Waals surface area contributed by atoms with Crippen LogP contribution in [0.4, 0.5) is 0 Å². The summed E-state index contributed by atoms with van der Waals surface area (Å²) in [6.45, 7) is 6.62. The summed E-state index contributed by atoms with van der Waals surface area (Å²) in [4.78, 5) is 2.49. The van der Waals surface area contributed by atoms with E-state index in [1.54, 1.807) is 29.5 Å². The number of hydrogen-bond donors (Lipinski definition) is 2. The van der Waals surface area contributed by atoms with Crippen molar-refractivity contribution in [1.82, 2.24) is 4.72 Å². The largest absolute Gasteiger partial charge is 0.326 e. The fraction of sp³-hybridized carbons (Fsp3) is 0.333. The summed E-state index contributed by atoms with van der Waals surface area (Å²) in [5.41, 5.74) is 8.67. The number of aryl methyl sites for hydroxylation is 3. The van der Waals surface area contributed by atoms with Gasteiger partial charge in [0.05, 0.1) is 4.90 Å². The molecule has 6 heteroatoms. The molecule has 0 fully saturated rings. The van der Waals surface area contributed by atoms with Gasteiger partial charge in [0.1, 0.15) is 0 Å². The highest BCUT2D eigenvalue weighted by molar-refractivity contribution is 7.89. The van der Waals surface area contributed by atoms with Crippen molar-refractivity contribution in [3.63, 3.8) is 0 Å². The molecule has 114 valence electrons. The molecule has 3 N–H and O–H groups in total. The Hall–Kier alpha value is -1.21. The van der Waals surface area contributed by atoms with Gasteiger partial charge in [-0.15, -0.1) is 11.3 Å². The Labute approximate surface area is 130 Å². The smallest absolute Gasteiger partial charge is 0.240 e. The first kappa shape index (κ1) is 16.2. The number of rotatable bonds is 5. The number of sulfonamides is 1. The third-order valence-corrected chi connectivity index (χ3v) is 6.06. The summed E-state index contributed by atoms with van der Waals surface area (Å²) in [6.07, 6.45) is 0. The van der Waals surface area contributed by atoms with Gasteiger partial charge in [0.2, 0.25) is 10.0 Å². The van der Waals surface area contributed by atoms with Gasteiger partial charge in [0.25, 0.3) is 0 Å². The summed E-state index contributed by atoms with van der Waals surface area (Å²) >= 11 is 1.61. The molecule has 0 aliphatic rings. The van der Waals surface area contributed by atoms with E-state index in [1.165, 1.54) is 10.4 Å². The summed E-state index contributed by atoms with van der Waals surface area (Å²) < 4.78 is 27.3. The Kier molecular flexibility index (Phi) is 4.83. The summed E-state index contributed by atoms with van der Waals surface area (Å²) in [5.74, 6) is 0. The van der Waals surface area contributed by atoms with Crippen molar-refractivity contribution in [1.29, 1.82) is 0 Å². The quantitative estimate of drug-likeness (QED) is 0.888. The van der Waals surface area contributed by atoms with Crippen LogP contribution in [0.3, 0.4) is 0 Å². The molecule has 1 aromatic heterocycles. The Balaban J connectivity index is 2.18. The number of hydrogen-bond acceptors (Lipinski definition) is 4. The lowest BCUT2D eigenvalue weighted by Crippen LogP contribution is -2.23. The van der Waals surface area contributed by atoms with Crippen LogP contribution in [0.1, 0.15) is 26.4 Å². The Morgan fingerprint density at radius 3 is 2.43 bits per heavy atom. The second-order valence-corrected chi connectivity index (χ2v) is 8.18. The maximum Gasteiger partial charge on any atom is 0.240 e. The molecule has 0 saturated carbocycles. The van der Waals surface area contributed by atoms with Crippen molar-refractivity contribution < 1.29 is 8.42 Å². The predicted molar refractivity (Wildman–Crippen MR) is 86.9 cm³/mol. The van der Waals surface area contributed by atoms with E-state index in [0.717, 1.165) is 16.0 Å². The van der Waals surface area contributed by atoms with Crippen LogP contribution in [-0.2, 0) is 23.1 Å². The molecule has 0 aliphatic carbocycles. The monoisotopic (exact) mass is 324 g/mol. The minimum absolute atomic E-state index is 0.263. The third kappa shape index (κ3) is 3.71. The van der Waals surface area contributed by atoms with Crippen LogP contribution in [-0.4, -0.2) is 8.42 Å². The number of nitrogens with two attached hydrogens (primary N) is 1. The molecule has 0 saturated heterocycles. The highest BCUT2D eigenvalue weighted by Crippen LogP contribution is 2.21. The van der Waals surface area contributed by atoms with E-state index in [0.29, 0.717) is 13.1 Å². The maximum atomic E-state index is 12.3. The van der Waals surface area contributed by atoms with Gasteiger partial charge < -0.3 is 5.73 Å². The summed E-state index contributed by atoms with van der Waals surface area (Å²) in [6, 6.07) is 7.06. The van der Waals surface area contributed by atoms with Crippen LogP contribution >= 0.6 is 11.3 Å². The van der Waals surface area contributed by atoms with Crippen LogP contribution in [0.25, 0.3) is 0 Å². The summed E-state index contributed by atoms with van der Waals surface area (Å²) in [7, 11) is -3.51. The molecule has 0 amide bonds. The van der Waals surface area contributed by atoms with Crippen molar-refractivity contribution in [3.05, 3.63) is 50.7 Å². The Bertz CT molecular complexity index is 730. The molecule has 4 nitrogen and oxygen atoms in total. The zero-order valence-electron chi connectivity index (χ0n) is 12.4. The fourth-order valence-corrected chi connectivity index (χ4v) is 4.16. The molecular weight excluding hydrogens is 304 g/mol. The second-order valence-electron chi connectivity index (χ2n) is 5.07. The van der Waals surface area contributed by atoms with Gasteiger partial charge in [0.15, 0.2) is 0 Å². The SMILES string of the molecule is Cc1ccc(S(=O)(=O)NCc2cc(C)c(C)s2)cc1CN. The number of nitrogens with one attached hydrogen (secondary N) is 1. The fourth-order valence-electron chi connectivity index (χ4n) is 2.02. The van der Waals surface area contributed by atoms with Gasteiger partial charge in [-0.3, -0.25) is 0 Å². The molecule has 0 unspecified atom stereocenters. The maximum absolute atomic E-state index is 12.3. The third-order valence-electron chi connectivity index (χ3n) is 3.50. The Morgan fingerprint density at radius 1 is 1.14 bits per heavy atom. The van der Waals surface area contributed by atoms with Gasteiger partial charge in [-0.1, -0.05) is 6.07 Å². The van der Waals surface area contributed by atoms with E-state index >= 15 is 0 Å². The van der Waals surface area contributed by atoms with Gasteiger partial charge in [-0.2, -0.15) is 0 Å². The lowest BCUT2D eigenvalue weighted by Gasteiger charge is -2.09. The van der Waals surface area contributed by atoms with Gasteiger partial charge in [-0.05, 0) is 55.7 Å². The van der Waals surface area contributed by atoms with Gasteiger partial charge in [-0.25, -0.2) is 13.1 Å². The van der Waals surface area contributed by atoms with E-state index in [-0.39, 0.29) is 4.90 Å². The van der Waals surface area contributed by atoms with Crippen LogP contribution in [0.5, 0.6) is 0 Å². The average Bonchev–Trinajstić information content (AvgIpc) is 2.76. The molecular formula is C15H20N2O2S2. The first-order chi connectivity index (χ1) is 9.83. The molecule has 1 aromatic carbocycles. The highest BCUT2D eigenvalue weighted by Gasteiger charge is 2.15. The van der Waals surface area contributed by atoms with Crippen LogP contribution < -0.4 is 10.5 Å². The molecule has 0 atom stereocenters. The zero-order chi connectivity index (χ0) is 15.6. The number of thiophene rings is 1. The zero-order valence-corrected chi connectivity index (χ0v) is 14.1. The first-order valence-corrected chi connectivity index (χ1v) is 8.98. The molecule has 0 radical (unpaired) electrons. The van der Waals surface area contributed by atoms with Gasteiger partial charge >= 0.3 is 0 Å². The topological polar surface area (TPSA) is 72.2 Å². The van der Waals surface area contributed by atoms with E-state index in [9.17, 15) is 8.42 Å². The van der Waals surface area contributed by atoms with E-state index < -0.39 is 10.0 Å². The van der Waals surface area contributed by atoms with Crippen molar-refractivity contribution in [3.8, 4) is 0 Å². The molecule has 1 heterocycles. The Morgan fingerprint density at radius 2 is 1.86 bits per heavy atom. The van der Waals surface area contributed by atoms with Gasteiger partial charge in [0, 0.05) is 22.8 Å². The minimum atomic E-state index is -3.51.